The lowest BCUT2D eigenvalue weighted by atomic mass is 10.3. The largest absolute Gasteiger partial charge is 0.510 e. The predicted octanol–water partition coefficient (Wildman–Crippen LogP) is 4.21. The first-order chi connectivity index (χ1) is 11.1. The van der Waals surface area contributed by atoms with Crippen LogP contribution >= 0.6 is 0 Å². The van der Waals surface area contributed by atoms with Crippen molar-refractivity contribution in [3.63, 3.8) is 0 Å². The van der Waals surface area contributed by atoms with E-state index in [1.807, 2.05) is 6.07 Å². The van der Waals surface area contributed by atoms with Gasteiger partial charge < -0.3 is 15.2 Å². The summed E-state index contributed by atoms with van der Waals surface area (Å²) in [6, 6.07) is 15.8. The van der Waals surface area contributed by atoms with Crippen LogP contribution in [-0.4, -0.2) is 18.1 Å². The van der Waals surface area contributed by atoms with Crippen molar-refractivity contribution >= 4 is 17.3 Å². The smallest absolute Gasteiger partial charge is 0.279 e. The number of carbonyl (C=O) groups is 1. The summed E-state index contributed by atoms with van der Waals surface area (Å²) in [5.74, 6) is -0.130. The normalized spacial score (nSPS) is 11.9. The van der Waals surface area contributed by atoms with Gasteiger partial charge in [-0.2, -0.15) is 5.11 Å². The van der Waals surface area contributed by atoms with Crippen LogP contribution < -0.4 is 10.1 Å². The van der Waals surface area contributed by atoms with Crippen molar-refractivity contribution in [2.75, 3.05) is 12.4 Å². The summed E-state index contributed by atoms with van der Waals surface area (Å²) in [5, 5.41) is 20.1. The Balaban J connectivity index is 2.17. The number of benzene rings is 2. The first kappa shape index (κ1) is 16.2. The minimum Gasteiger partial charge on any atom is -0.510 e. The Morgan fingerprint density at radius 3 is 2.52 bits per heavy atom. The number of hydrogen-bond donors (Lipinski definition) is 2. The van der Waals surface area contributed by atoms with Crippen LogP contribution in [0.2, 0.25) is 0 Å². The molecule has 0 saturated heterocycles. The number of hydrogen-bond acceptors (Lipinski definition) is 5. The minimum absolute atomic E-state index is 0.156. The van der Waals surface area contributed by atoms with Gasteiger partial charge in [0.1, 0.15) is 11.5 Å². The number of aliphatic hydroxyl groups excluding tert-OH is 1. The third-order valence-corrected chi connectivity index (χ3v) is 2.91. The Hall–Kier alpha value is -3.15. The van der Waals surface area contributed by atoms with Crippen molar-refractivity contribution in [1.82, 2.24) is 0 Å². The lowest BCUT2D eigenvalue weighted by Crippen LogP contribution is -2.14. The highest BCUT2D eigenvalue weighted by molar-refractivity contribution is 6.03. The molecular formula is C17H17N3O3. The molecule has 118 valence electrons. The van der Waals surface area contributed by atoms with E-state index >= 15 is 0 Å². The zero-order chi connectivity index (χ0) is 16.7. The molecule has 2 N–H and O–H groups in total. The Morgan fingerprint density at radius 2 is 1.87 bits per heavy atom. The van der Waals surface area contributed by atoms with Crippen molar-refractivity contribution < 1.29 is 14.6 Å². The number of ether oxygens (including phenoxy) is 1. The first-order valence-electron chi connectivity index (χ1n) is 6.92. The fourth-order valence-electron chi connectivity index (χ4n) is 1.77. The standard InChI is InChI=1S/C17H17N3O3/c1-12(21)16(17(22)18-13-7-4-3-5-8-13)20-19-14-9-6-10-15(11-14)23-2/h3-11,21H,1-2H3,(H,18,22). The molecule has 0 spiro atoms. The number of methoxy groups -OCH3 is 1. The van der Waals surface area contributed by atoms with Crippen LogP contribution in [0.1, 0.15) is 6.92 Å². The number of nitrogens with one attached hydrogen (secondary N) is 1. The van der Waals surface area contributed by atoms with Gasteiger partial charge in [-0.1, -0.05) is 24.3 Å². The zero-order valence-electron chi connectivity index (χ0n) is 12.9. The number of para-hydroxylation sites is 1. The molecule has 0 aliphatic rings. The molecule has 0 saturated carbocycles. The van der Waals surface area contributed by atoms with E-state index < -0.39 is 5.91 Å². The van der Waals surface area contributed by atoms with Gasteiger partial charge in [-0.15, -0.1) is 5.11 Å². The molecule has 0 heterocycles. The van der Waals surface area contributed by atoms with Gasteiger partial charge in [0.25, 0.3) is 5.91 Å². The van der Waals surface area contributed by atoms with Gasteiger partial charge in [0.05, 0.1) is 12.8 Å². The number of allylic oxidation sites excluding steroid dienone is 1. The molecule has 0 aliphatic carbocycles. The SMILES string of the molecule is COc1cccc(N=NC(C(=O)Nc2ccccc2)=C(C)O)c1. The summed E-state index contributed by atoms with van der Waals surface area (Å²) in [6.45, 7) is 1.38. The lowest BCUT2D eigenvalue weighted by Gasteiger charge is -2.05. The summed E-state index contributed by atoms with van der Waals surface area (Å²) < 4.78 is 5.09. The van der Waals surface area contributed by atoms with Crippen molar-refractivity contribution in [2.24, 2.45) is 10.2 Å². The van der Waals surface area contributed by atoms with Crippen LogP contribution in [0, 0.1) is 0 Å². The third-order valence-electron chi connectivity index (χ3n) is 2.91. The van der Waals surface area contributed by atoms with E-state index in [-0.39, 0.29) is 11.5 Å². The van der Waals surface area contributed by atoms with E-state index in [2.05, 4.69) is 15.5 Å². The predicted molar refractivity (Wildman–Crippen MR) is 87.9 cm³/mol. The topological polar surface area (TPSA) is 83.3 Å². The van der Waals surface area contributed by atoms with Crippen molar-refractivity contribution in [2.45, 2.75) is 6.92 Å². The summed E-state index contributed by atoms with van der Waals surface area (Å²) in [4.78, 5) is 12.2. The summed E-state index contributed by atoms with van der Waals surface area (Å²) in [5.41, 5.74) is 0.958. The van der Waals surface area contributed by atoms with Crippen LogP contribution in [0.4, 0.5) is 11.4 Å². The Morgan fingerprint density at radius 1 is 1.13 bits per heavy atom. The van der Waals surface area contributed by atoms with E-state index in [0.29, 0.717) is 17.1 Å². The quantitative estimate of drug-likeness (QED) is 0.493. The number of aliphatic hydroxyl groups is 1. The number of rotatable bonds is 5. The van der Waals surface area contributed by atoms with Gasteiger partial charge in [0.15, 0.2) is 5.70 Å². The number of amides is 1. The molecule has 6 nitrogen and oxygen atoms in total. The maximum atomic E-state index is 12.2. The second kappa shape index (κ2) is 7.74. The second-order valence-electron chi connectivity index (χ2n) is 4.66. The molecule has 0 atom stereocenters. The fraction of sp³-hybridized carbons (Fsp3) is 0.118. The maximum Gasteiger partial charge on any atom is 0.279 e. The van der Waals surface area contributed by atoms with Gasteiger partial charge in [0, 0.05) is 11.8 Å². The summed E-state index contributed by atoms with van der Waals surface area (Å²) in [7, 11) is 1.55. The van der Waals surface area contributed by atoms with Crippen molar-refractivity contribution in [3.8, 4) is 5.75 Å². The van der Waals surface area contributed by atoms with Crippen LogP contribution in [0.15, 0.2) is 76.3 Å². The molecule has 2 rings (SSSR count). The minimum atomic E-state index is -0.539. The number of anilines is 1. The van der Waals surface area contributed by atoms with Gasteiger partial charge in [-0.25, -0.2) is 0 Å². The molecule has 0 aliphatic heterocycles. The lowest BCUT2D eigenvalue weighted by molar-refractivity contribution is -0.113. The molecule has 1 amide bonds. The van der Waals surface area contributed by atoms with Crippen LogP contribution in [0.3, 0.4) is 0 Å². The van der Waals surface area contributed by atoms with E-state index in [1.165, 1.54) is 6.92 Å². The van der Waals surface area contributed by atoms with Crippen LogP contribution in [-0.2, 0) is 4.79 Å². The zero-order valence-corrected chi connectivity index (χ0v) is 12.9. The summed E-state index contributed by atoms with van der Waals surface area (Å²) >= 11 is 0. The van der Waals surface area contributed by atoms with Gasteiger partial charge in [-0.3, -0.25) is 4.79 Å². The highest BCUT2D eigenvalue weighted by Gasteiger charge is 2.13. The highest BCUT2D eigenvalue weighted by Crippen LogP contribution is 2.21. The van der Waals surface area contributed by atoms with Gasteiger partial charge >= 0.3 is 0 Å². The van der Waals surface area contributed by atoms with Crippen molar-refractivity contribution in [3.05, 3.63) is 66.1 Å². The van der Waals surface area contributed by atoms with Gasteiger partial charge in [0.2, 0.25) is 0 Å². The molecule has 0 radical (unpaired) electrons. The molecule has 2 aromatic carbocycles. The molecule has 6 heteroatoms. The molecule has 0 bridgehead atoms. The summed E-state index contributed by atoms with van der Waals surface area (Å²) in [6.07, 6.45) is 0. The molecule has 0 fully saturated rings. The molecule has 23 heavy (non-hydrogen) atoms. The van der Waals surface area contributed by atoms with E-state index in [9.17, 15) is 9.90 Å². The average molecular weight is 311 g/mol. The van der Waals surface area contributed by atoms with Gasteiger partial charge in [-0.05, 0) is 31.2 Å². The molecule has 2 aromatic rings. The number of nitrogens with zero attached hydrogens (tertiary/aromatic N) is 2. The van der Waals surface area contributed by atoms with E-state index in [0.717, 1.165) is 0 Å². The monoisotopic (exact) mass is 311 g/mol. The molecule has 0 aromatic heterocycles. The first-order valence-corrected chi connectivity index (χ1v) is 6.92. The van der Waals surface area contributed by atoms with E-state index in [1.54, 1.807) is 55.6 Å². The highest BCUT2D eigenvalue weighted by atomic mass is 16.5. The molecule has 0 unspecified atom stereocenters. The average Bonchev–Trinajstić information content (AvgIpc) is 2.56. The molecular weight excluding hydrogens is 294 g/mol. The third kappa shape index (κ3) is 4.67. The van der Waals surface area contributed by atoms with E-state index in [4.69, 9.17) is 4.74 Å². The van der Waals surface area contributed by atoms with Crippen LogP contribution in [0.5, 0.6) is 5.75 Å². The second-order valence-corrected chi connectivity index (χ2v) is 4.66. The number of carbonyl (C=O) groups excluding carboxylic acids is 1. The van der Waals surface area contributed by atoms with Crippen molar-refractivity contribution in [1.29, 1.82) is 0 Å². The fourth-order valence-corrected chi connectivity index (χ4v) is 1.77. The Labute approximate surface area is 134 Å². The van der Waals surface area contributed by atoms with Crippen LogP contribution in [0.25, 0.3) is 0 Å². The Bertz CT molecular complexity index is 736. The maximum absolute atomic E-state index is 12.2. The Kier molecular flexibility index (Phi) is 5.46. The number of azo groups is 1.